The van der Waals surface area contributed by atoms with Crippen LogP contribution in [0.4, 0.5) is 0 Å². The van der Waals surface area contributed by atoms with E-state index in [1.54, 1.807) is 0 Å². The lowest BCUT2D eigenvalue weighted by Gasteiger charge is -2.17. The van der Waals surface area contributed by atoms with E-state index in [-0.39, 0.29) is 11.9 Å². The number of aryl methyl sites for hydroxylation is 1. The molecule has 0 saturated carbocycles. The van der Waals surface area contributed by atoms with E-state index in [4.69, 9.17) is 0 Å². The van der Waals surface area contributed by atoms with Gasteiger partial charge in [0.1, 0.15) is 5.01 Å². The van der Waals surface area contributed by atoms with Crippen molar-refractivity contribution in [1.29, 1.82) is 0 Å². The number of benzene rings is 1. The molecule has 1 aromatic heterocycles. The molecule has 4 nitrogen and oxygen atoms in total. The molecule has 2 rings (SSSR count). The van der Waals surface area contributed by atoms with Crippen LogP contribution in [-0.4, -0.2) is 21.9 Å². The van der Waals surface area contributed by atoms with Gasteiger partial charge in [-0.15, -0.1) is 10.2 Å². The Bertz CT molecular complexity index is 601. The van der Waals surface area contributed by atoms with E-state index in [1.807, 2.05) is 31.2 Å². The average molecular weight is 386 g/mol. The van der Waals surface area contributed by atoms with E-state index < -0.39 is 0 Å². The molecule has 0 aliphatic carbocycles. The molecular formula is C14H16BrN3OS2. The van der Waals surface area contributed by atoms with Gasteiger partial charge in [-0.1, -0.05) is 58.1 Å². The van der Waals surface area contributed by atoms with Crippen LogP contribution in [0.15, 0.2) is 33.1 Å². The highest BCUT2D eigenvalue weighted by Gasteiger charge is 2.13. The van der Waals surface area contributed by atoms with Crippen LogP contribution in [0.1, 0.15) is 30.0 Å². The molecule has 1 N–H and O–H groups in total. The first-order valence-electron chi connectivity index (χ1n) is 6.56. The van der Waals surface area contributed by atoms with E-state index in [0.717, 1.165) is 25.8 Å². The highest BCUT2D eigenvalue weighted by Crippen LogP contribution is 2.23. The predicted molar refractivity (Wildman–Crippen MR) is 90.7 cm³/mol. The van der Waals surface area contributed by atoms with Gasteiger partial charge in [-0.3, -0.25) is 4.79 Å². The summed E-state index contributed by atoms with van der Waals surface area (Å²) in [7, 11) is 0. The maximum atomic E-state index is 12.0. The first-order valence-corrected chi connectivity index (χ1v) is 9.15. The van der Waals surface area contributed by atoms with Gasteiger partial charge in [0.2, 0.25) is 5.91 Å². The summed E-state index contributed by atoms with van der Waals surface area (Å²) in [5, 5.41) is 11.9. The van der Waals surface area contributed by atoms with Crippen LogP contribution >= 0.6 is 39.0 Å². The minimum absolute atomic E-state index is 0.0163. The van der Waals surface area contributed by atoms with E-state index in [0.29, 0.717) is 5.75 Å². The first-order chi connectivity index (χ1) is 10.1. The molecule has 0 unspecified atom stereocenters. The van der Waals surface area contributed by atoms with Crippen LogP contribution in [-0.2, 0) is 4.79 Å². The van der Waals surface area contributed by atoms with Crippen molar-refractivity contribution in [2.75, 3.05) is 5.75 Å². The molecule has 0 radical (unpaired) electrons. The summed E-state index contributed by atoms with van der Waals surface area (Å²) >= 11 is 6.35. The summed E-state index contributed by atoms with van der Waals surface area (Å²) in [6.45, 7) is 3.97. The molecule has 0 saturated heterocycles. The fourth-order valence-electron chi connectivity index (χ4n) is 1.82. The molecule has 1 aromatic carbocycles. The maximum absolute atomic E-state index is 12.0. The Labute approximate surface area is 140 Å². The highest BCUT2D eigenvalue weighted by molar-refractivity contribution is 9.10. The number of carbonyl (C=O) groups excluding carboxylic acids is 1. The van der Waals surface area contributed by atoms with Gasteiger partial charge in [0, 0.05) is 4.47 Å². The van der Waals surface area contributed by atoms with Crippen LogP contribution in [0.2, 0.25) is 0 Å². The zero-order chi connectivity index (χ0) is 15.2. The zero-order valence-electron chi connectivity index (χ0n) is 11.8. The molecule has 21 heavy (non-hydrogen) atoms. The van der Waals surface area contributed by atoms with Gasteiger partial charge in [0.15, 0.2) is 4.34 Å². The Hall–Kier alpha value is -0.920. The molecule has 0 fully saturated rings. The molecule has 1 heterocycles. The first kappa shape index (κ1) is 16.5. The average Bonchev–Trinajstić information content (AvgIpc) is 2.89. The number of amides is 1. The number of halogens is 1. The molecule has 2 aromatic rings. The SMILES string of the molecule is CC[C@@H](NC(=O)CSc1nnc(C)s1)c1ccc(Br)cc1. The second kappa shape index (κ2) is 7.91. The second-order valence-electron chi connectivity index (χ2n) is 4.46. The van der Waals surface area contributed by atoms with Crippen molar-refractivity contribution in [2.24, 2.45) is 0 Å². The summed E-state index contributed by atoms with van der Waals surface area (Å²) in [4.78, 5) is 12.0. The third kappa shape index (κ3) is 5.09. The van der Waals surface area contributed by atoms with Crippen LogP contribution < -0.4 is 5.32 Å². The van der Waals surface area contributed by atoms with Crippen LogP contribution in [0.5, 0.6) is 0 Å². The van der Waals surface area contributed by atoms with Gasteiger partial charge in [0.25, 0.3) is 0 Å². The van der Waals surface area contributed by atoms with E-state index >= 15 is 0 Å². The van der Waals surface area contributed by atoms with Gasteiger partial charge in [-0.2, -0.15) is 0 Å². The van der Waals surface area contributed by atoms with E-state index in [1.165, 1.54) is 23.1 Å². The third-order valence-electron chi connectivity index (χ3n) is 2.85. The minimum atomic E-state index is 0.0163. The number of nitrogens with zero attached hydrogens (tertiary/aromatic N) is 2. The molecule has 0 aliphatic rings. The van der Waals surface area contributed by atoms with Crippen molar-refractivity contribution in [3.05, 3.63) is 39.3 Å². The van der Waals surface area contributed by atoms with Crippen molar-refractivity contribution >= 4 is 44.9 Å². The molecular weight excluding hydrogens is 370 g/mol. The molecule has 0 bridgehead atoms. The number of rotatable bonds is 6. The molecule has 1 atom stereocenters. The van der Waals surface area contributed by atoms with Crippen molar-refractivity contribution < 1.29 is 4.79 Å². The molecule has 7 heteroatoms. The van der Waals surface area contributed by atoms with E-state index in [2.05, 4.69) is 38.4 Å². The number of thioether (sulfide) groups is 1. The normalized spacial score (nSPS) is 12.1. The predicted octanol–water partition coefficient (Wildman–Crippen LogP) is 3.97. The minimum Gasteiger partial charge on any atom is -0.349 e. The number of hydrogen-bond donors (Lipinski definition) is 1. The van der Waals surface area contributed by atoms with Crippen molar-refractivity contribution in [2.45, 2.75) is 30.6 Å². The lowest BCUT2D eigenvalue weighted by atomic mass is 10.0. The Morgan fingerprint density at radius 3 is 2.67 bits per heavy atom. The van der Waals surface area contributed by atoms with Crippen molar-refractivity contribution in [1.82, 2.24) is 15.5 Å². The summed E-state index contributed by atoms with van der Waals surface area (Å²) < 4.78 is 1.87. The summed E-state index contributed by atoms with van der Waals surface area (Å²) in [5.41, 5.74) is 1.12. The highest BCUT2D eigenvalue weighted by atomic mass is 79.9. The number of nitrogens with one attached hydrogen (secondary N) is 1. The standard InChI is InChI=1S/C14H16BrN3OS2/c1-3-12(10-4-6-11(15)7-5-10)16-13(19)8-20-14-18-17-9(2)21-14/h4-7,12H,3,8H2,1-2H3,(H,16,19)/t12-/m1/s1. The lowest BCUT2D eigenvalue weighted by molar-refractivity contribution is -0.119. The maximum Gasteiger partial charge on any atom is 0.230 e. The smallest absolute Gasteiger partial charge is 0.230 e. The Balaban J connectivity index is 1.89. The van der Waals surface area contributed by atoms with Gasteiger partial charge in [-0.05, 0) is 31.0 Å². The largest absolute Gasteiger partial charge is 0.349 e. The van der Waals surface area contributed by atoms with E-state index in [9.17, 15) is 4.79 Å². The Morgan fingerprint density at radius 1 is 1.38 bits per heavy atom. The monoisotopic (exact) mass is 385 g/mol. The van der Waals surface area contributed by atoms with Crippen LogP contribution in [0.3, 0.4) is 0 Å². The summed E-state index contributed by atoms with van der Waals surface area (Å²) in [6, 6.07) is 8.08. The third-order valence-corrected chi connectivity index (χ3v) is 5.35. The second-order valence-corrected chi connectivity index (χ2v) is 7.78. The zero-order valence-corrected chi connectivity index (χ0v) is 15.0. The number of aromatic nitrogens is 2. The number of hydrogen-bond acceptors (Lipinski definition) is 5. The topological polar surface area (TPSA) is 54.9 Å². The fourth-order valence-corrected chi connectivity index (χ4v) is 3.71. The lowest BCUT2D eigenvalue weighted by Crippen LogP contribution is -2.29. The van der Waals surface area contributed by atoms with Crippen LogP contribution in [0, 0.1) is 6.92 Å². The molecule has 112 valence electrons. The summed E-state index contributed by atoms with van der Waals surface area (Å²) in [6.07, 6.45) is 0.857. The van der Waals surface area contributed by atoms with Gasteiger partial charge in [0.05, 0.1) is 11.8 Å². The van der Waals surface area contributed by atoms with Gasteiger partial charge >= 0.3 is 0 Å². The van der Waals surface area contributed by atoms with Gasteiger partial charge in [-0.25, -0.2) is 0 Å². The molecule has 1 amide bonds. The Morgan fingerprint density at radius 2 is 2.10 bits per heavy atom. The Kier molecular flexibility index (Phi) is 6.20. The molecule has 0 spiro atoms. The van der Waals surface area contributed by atoms with Crippen molar-refractivity contribution in [3.63, 3.8) is 0 Å². The number of carbonyl (C=O) groups is 1. The molecule has 0 aliphatic heterocycles. The van der Waals surface area contributed by atoms with Crippen molar-refractivity contribution in [3.8, 4) is 0 Å². The van der Waals surface area contributed by atoms with Gasteiger partial charge < -0.3 is 5.32 Å². The fraction of sp³-hybridized carbons (Fsp3) is 0.357. The quantitative estimate of drug-likeness (QED) is 0.764. The van der Waals surface area contributed by atoms with Crippen LogP contribution in [0.25, 0.3) is 0 Å². The summed E-state index contributed by atoms with van der Waals surface area (Å²) in [5.74, 6) is 0.379.